The van der Waals surface area contributed by atoms with Crippen molar-refractivity contribution in [2.75, 3.05) is 39.5 Å². The zero-order valence-electron chi connectivity index (χ0n) is 37.0. The van der Waals surface area contributed by atoms with Gasteiger partial charge in [0.25, 0.3) is 5.91 Å². The average Bonchev–Trinajstić information content (AvgIpc) is 4.17. The van der Waals surface area contributed by atoms with Gasteiger partial charge in [-0.05, 0) is 86.5 Å². The fourth-order valence-corrected chi connectivity index (χ4v) is 7.87. The Labute approximate surface area is 394 Å². The molecule has 0 saturated heterocycles. The molecule has 14 nitrogen and oxygen atoms in total. The predicted octanol–water partition coefficient (Wildman–Crippen LogP) is 7.13. The molecule has 8 bridgehead atoms. The van der Waals surface area contributed by atoms with Crippen molar-refractivity contribution in [2.45, 2.75) is 0 Å². The summed E-state index contributed by atoms with van der Waals surface area (Å²) in [6, 6.07) is 28.3. The maximum Gasteiger partial charge on any atom is 2.00 e. The molecule has 0 saturated carbocycles. The molecule has 0 unspecified atom stereocenters. The van der Waals surface area contributed by atoms with E-state index < -0.39 is 0 Å². The number of ether oxygens (including phenoxy) is 2. The summed E-state index contributed by atoms with van der Waals surface area (Å²) in [5.74, 6) is -0.216. The second-order valence-electron chi connectivity index (χ2n) is 15.6. The Morgan fingerprint density at radius 1 is 0.561 bits per heavy atom. The minimum Gasteiger partial charge on any atom is -0.657 e. The fourth-order valence-electron chi connectivity index (χ4n) is 7.87. The van der Waals surface area contributed by atoms with Crippen LogP contribution in [0.2, 0.25) is 0 Å². The van der Waals surface area contributed by atoms with Gasteiger partial charge in [0.2, 0.25) is 0 Å². The van der Waals surface area contributed by atoms with Crippen LogP contribution in [-0.4, -0.2) is 55.4 Å². The molecule has 8 heterocycles. The summed E-state index contributed by atoms with van der Waals surface area (Å²) in [6.45, 7) is 1.99. The largest absolute Gasteiger partial charge is 2.00 e. The molecule has 2 aliphatic heterocycles. The Hall–Kier alpha value is -7.41. The van der Waals surface area contributed by atoms with Gasteiger partial charge in [0, 0.05) is 60.0 Å². The number of rotatable bonds is 14. The molecule has 1 N–H and O–H groups in total. The number of amides is 1. The molecule has 6 aromatic heterocycles. The zero-order chi connectivity index (χ0) is 44.7. The van der Waals surface area contributed by atoms with Crippen molar-refractivity contribution >= 4 is 52.3 Å². The van der Waals surface area contributed by atoms with Crippen LogP contribution in [0.3, 0.4) is 0 Å². The Morgan fingerprint density at radius 2 is 0.924 bits per heavy atom. The Balaban J connectivity index is 0.00000592. The number of carbonyl (C=O) groups excluding carboxylic acids is 1. The average molecular weight is 926 g/mol. The summed E-state index contributed by atoms with van der Waals surface area (Å²) in [4.78, 5) is 37.4. The number of nitrogens with zero attached hydrogens (tertiary/aromatic N) is 10. The number of aryl methyl sites for hydroxylation is 3. The molecule has 0 radical (unpaired) electrons. The Morgan fingerprint density at radius 3 is 1.30 bits per heavy atom. The van der Waals surface area contributed by atoms with Crippen molar-refractivity contribution in [1.29, 1.82) is 0 Å². The van der Waals surface area contributed by atoms with Crippen molar-refractivity contribution in [3.63, 3.8) is 0 Å². The number of hydrogen-bond acceptors (Lipinski definition) is 6. The van der Waals surface area contributed by atoms with Crippen molar-refractivity contribution in [3.8, 4) is 44.5 Å². The quantitative estimate of drug-likeness (QED) is 0.0303. The van der Waals surface area contributed by atoms with Crippen LogP contribution in [-0.2, 0) is 50.1 Å². The SMILES string of the molecule is C[n+]1ccc(-c2c3nc(c(-c4cc[n+](C)cc4)c4ccc([n-]4)c(-c4cc[n+](C)cc4)c4nc(c(-c5ccc(C(=O)NCCOCCOCCN=[N+]=[N-])cc5)c5ccc2[n-]5)C=C4)C=C3)cc1.[Zn+2]. The Bertz CT molecular complexity index is 3130. The van der Waals surface area contributed by atoms with E-state index in [2.05, 4.69) is 76.0 Å². The summed E-state index contributed by atoms with van der Waals surface area (Å²) in [5.41, 5.74) is 22.3. The summed E-state index contributed by atoms with van der Waals surface area (Å²) in [7, 11) is 6.00. The van der Waals surface area contributed by atoms with Gasteiger partial charge in [-0.25, -0.2) is 23.7 Å². The molecule has 15 heteroatoms. The number of fused-ring (bicyclic) bond motifs is 8. The van der Waals surface area contributed by atoms with Gasteiger partial charge < -0.3 is 24.8 Å². The second kappa shape index (κ2) is 20.6. The molecule has 322 valence electrons. The molecule has 0 aliphatic carbocycles. The number of carbonyl (C=O) groups is 1. The van der Waals surface area contributed by atoms with Crippen molar-refractivity contribution in [2.24, 2.45) is 26.3 Å². The fraction of sp³-hybridized carbons (Fsp3) is 0.176. The van der Waals surface area contributed by atoms with E-state index in [1.165, 1.54) is 0 Å². The van der Waals surface area contributed by atoms with E-state index in [0.717, 1.165) is 89.4 Å². The van der Waals surface area contributed by atoms with Crippen LogP contribution in [0.5, 0.6) is 0 Å². The van der Waals surface area contributed by atoms with E-state index in [1.807, 2.05) is 121 Å². The van der Waals surface area contributed by atoms with Crippen LogP contribution in [0.15, 0.2) is 127 Å². The number of nitrogens with one attached hydrogen (secondary N) is 1. The van der Waals surface area contributed by atoms with Crippen molar-refractivity contribution in [3.05, 3.63) is 161 Å². The van der Waals surface area contributed by atoms with E-state index in [-0.39, 0.29) is 31.9 Å². The van der Waals surface area contributed by atoms with Gasteiger partial charge in [0.15, 0.2) is 37.2 Å². The molecule has 0 spiro atoms. The third-order valence-corrected chi connectivity index (χ3v) is 11.1. The topological polar surface area (TPSA) is 162 Å². The van der Waals surface area contributed by atoms with Crippen molar-refractivity contribution in [1.82, 2.24) is 25.3 Å². The standard InChI is InChI=1S/C51H45N11O3.Zn/c1-60-24-16-35(17-25-60)48-41-10-8-39(55-41)47(34-4-6-38(7-5-34)51(63)53-22-30-64-32-33-65-31-23-54-59-52)40-9-11-42(56-40)49(36-18-26-61(2)27-19-36)44-13-15-46(58-44)50(45-14-12-43(48)57-45)37-20-28-62(3)29-21-37;/h4-21,24-29H,22-23,30-33H2,1-3H3;/q;+2/p+1. The third-order valence-electron chi connectivity index (χ3n) is 11.1. The number of aromatic nitrogens is 7. The number of hydrogen-bond donors (Lipinski definition) is 1. The van der Waals surface area contributed by atoms with Gasteiger partial charge in [-0.3, -0.25) is 4.79 Å². The van der Waals surface area contributed by atoms with E-state index in [1.54, 1.807) is 0 Å². The molecular weight excluding hydrogens is 880 g/mol. The van der Waals surface area contributed by atoms with Crippen LogP contribution in [0, 0.1) is 0 Å². The van der Waals surface area contributed by atoms with E-state index in [4.69, 9.17) is 34.9 Å². The van der Waals surface area contributed by atoms with Gasteiger partial charge in [-0.1, -0.05) is 41.5 Å². The first-order valence-corrected chi connectivity index (χ1v) is 21.3. The minimum absolute atomic E-state index is 0. The first-order chi connectivity index (χ1) is 31.8. The van der Waals surface area contributed by atoms with Crippen LogP contribution in [0.4, 0.5) is 0 Å². The molecule has 1 amide bonds. The molecule has 7 aromatic rings. The van der Waals surface area contributed by atoms with Crippen molar-refractivity contribution < 1.29 is 47.4 Å². The number of azide groups is 1. The van der Waals surface area contributed by atoms with Gasteiger partial charge >= 0.3 is 19.5 Å². The summed E-state index contributed by atoms with van der Waals surface area (Å²) in [6.07, 6.45) is 20.4. The van der Waals surface area contributed by atoms with Crippen LogP contribution < -0.4 is 29.0 Å². The van der Waals surface area contributed by atoms with E-state index >= 15 is 0 Å². The first-order valence-electron chi connectivity index (χ1n) is 21.3. The Kier molecular flexibility index (Phi) is 14.1. The maximum absolute atomic E-state index is 13.3. The molecule has 1 aromatic carbocycles. The van der Waals surface area contributed by atoms with Gasteiger partial charge in [-0.15, -0.1) is 22.1 Å². The summed E-state index contributed by atoms with van der Waals surface area (Å²) < 4.78 is 17.0. The van der Waals surface area contributed by atoms with Crippen LogP contribution >= 0.6 is 0 Å². The van der Waals surface area contributed by atoms with Crippen LogP contribution in [0.1, 0.15) is 33.1 Å². The zero-order valence-corrected chi connectivity index (χ0v) is 40.0. The van der Waals surface area contributed by atoms with E-state index in [9.17, 15) is 4.79 Å². The monoisotopic (exact) mass is 924 g/mol. The smallest absolute Gasteiger partial charge is 0.657 e. The summed E-state index contributed by atoms with van der Waals surface area (Å²) >= 11 is 0. The molecular formula is C51H46N11O3Zn+3. The van der Waals surface area contributed by atoms with Crippen LogP contribution in [0.25, 0.3) is 101 Å². The normalized spacial score (nSPS) is 11.6. The number of pyridine rings is 3. The van der Waals surface area contributed by atoms with Gasteiger partial charge in [0.1, 0.15) is 21.1 Å². The molecule has 0 atom stereocenters. The molecule has 0 fully saturated rings. The first kappa shape index (κ1) is 45.2. The van der Waals surface area contributed by atoms with Gasteiger partial charge in [-0.2, -0.15) is 0 Å². The predicted molar refractivity (Wildman–Crippen MR) is 250 cm³/mol. The third kappa shape index (κ3) is 9.95. The minimum atomic E-state index is -0.216. The van der Waals surface area contributed by atoms with E-state index in [0.29, 0.717) is 38.5 Å². The molecule has 2 aliphatic rings. The van der Waals surface area contributed by atoms with Gasteiger partial charge in [0.05, 0.1) is 49.2 Å². The number of benzene rings is 1. The molecule has 9 rings (SSSR count). The molecule has 66 heavy (non-hydrogen) atoms. The second-order valence-corrected chi connectivity index (χ2v) is 15.6. The maximum atomic E-state index is 13.3. The summed E-state index contributed by atoms with van der Waals surface area (Å²) in [5, 5.41) is 6.37.